The average Bonchev–Trinajstić information content (AvgIpc) is 2.99. The molecule has 3 rings (SSSR count). The van der Waals surface area contributed by atoms with Gasteiger partial charge in [0.2, 0.25) is 5.91 Å². The van der Waals surface area contributed by atoms with Crippen LogP contribution < -0.4 is 0 Å². The van der Waals surface area contributed by atoms with Crippen LogP contribution in [-0.2, 0) is 20.8 Å². The zero-order valence-electron chi connectivity index (χ0n) is 12.4. The molecule has 1 aliphatic heterocycles. The van der Waals surface area contributed by atoms with Gasteiger partial charge < -0.3 is 18.9 Å². The summed E-state index contributed by atoms with van der Waals surface area (Å²) < 4.78 is 16.2. The van der Waals surface area contributed by atoms with Crippen molar-refractivity contribution in [2.45, 2.75) is 44.2 Å². The standard InChI is InChI=1S/C15H22N2O4/c1-17(8-12-7-14(21-16-12)11-4-5-11)15(18)10-19-9-13-3-2-6-20-13/h7,11,13H,2-6,8-10H2,1H3/t13-/m0/s1. The van der Waals surface area contributed by atoms with Crippen molar-refractivity contribution in [1.82, 2.24) is 10.1 Å². The molecule has 2 aliphatic rings. The lowest BCUT2D eigenvalue weighted by Gasteiger charge is -2.16. The minimum absolute atomic E-state index is 0.0519. The Balaban J connectivity index is 1.38. The van der Waals surface area contributed by atoms with Gasteiger partial charge in [-0.2, -0.15) is 0 Å². The molecule has 116 valence electrons. The number of hydrogen-bond acceptors (Lipinski definition) is 5. The third-order valence-corrected chi connectivity index (χ3v) is 3.94. The number of carbonyl (C=O) groups is 1. The van der Waals surface area contributed by atoms with E-state index in [0.717, 1.165) is 30.9 Å². The predicted octanol–water partition coefficient (Wildman–Crippen LogP) is 1.71. The van der Waals surface area contributed by atoms with Crippen LogP contribution in [0.3, 0.4) is 0 Å². The van der Waals surface area contributed by atoms with Crippen molar-refractivity contribution in [3.05, 3.63) is 17.5 Å². The Labute approximate surface area is 124 Å². The van der Waals surface area contributed by atoms with Crippen LogP contribution in [0.2, 0.25) is 0 Å². The molecule has 1 aliphatic carbocycles. The molecular formula is C15H22N2O4. The SMILES string of the molecule is CN(Cc1cc(C2CC2)on1)C(=O)COC[C@@H]1CCCO1. The third kappa shape index (κ3) is 4.04. The Morgan fingerprint density at radius 3 is 3.05 bits per heavy atom. The quantitative estimate of drug-likeness (QED) is 0.766. The zero-order chi connectivity index (χ0) is 14.7. The molecule has 0 N–H and O–H groups in total. The average molecular weight is 294 g/mol. The lowest BCUT2D eigenvalue weighted by Crippen LogP contribution is -2.31. The van der Waals surface area contributed by atoms with Crippen LogP contribution in [0.15, 0.2) is 10.6 Å². The lowest BCUT2D eigenvalue weighted by molar-refractivity contribution is -0.136. The van der Waals surface area contributed by atoms with Gasteiger partial charge in [-0.15, -0.1) is 0 Å². The summed E-state index contributed by atoms with van der Waals surface area (Å²) in [5.74, 6) is 1.44. The fourth-order valence-corrected chi connectivity index (χ4v) is 2.46. The minimum atomic E-state index is -0.0519. The lowest BCUT2D eigenvalue weighted by atomic mass is 10.2. The highest BCUT2D eigenvalue weighted by Crippen LogP contribution is 2.40. The molecule has 1 aromatic rings. The number of rotatable bonds is 7. The van der Waals surface area contributed by atoms with E-state index in [1.807, 2.05) is 6.07 Å². The van der Waals surface area contributed by atoms with Gasteiger partial charge in [-0.3, -0.25) is 4.79 Å². The molecule has 2 fully saturated rings. The molecule has 0 bridgehead atoms. The second-order valence-electron chi connectivity index (χ2n) is 5.89. The van der Waals surface area contributed by atoms with Gasteiger partial charge in [0.25, 0.3) is 0 Å². The summed E-state index contributed by atoms with van der Waals surface area (Å²) in [7, 11) is 1.75. The number of carbonyl (C=O) groups excluding carboxylic acids is 1. The Morgan fingerprint density at radius 1 is 1.48 bits per heavy atom. The summed E-state index contributed by atoms with van der Waals surface area (Å²) in [4.78, 5) is 13.6. The Bertz CT molecular complexity index is 478. The highest BCUT2D eigenvalue weighted by atomic mass is 16.5. The van der Waals surface area contributed by atoms with Crippen molar-refractivity contribution in [3.8, 4) is 0 Å². The summed E-state index contributed by atoms with van der Waals surface area (Å²) in [6, 6.07) is 1.95. The van der Waals surface area contributed by atoms with Crippen LogP contribution in [0.25, 0.3) is 0 Å². The molecule has 6 heteroatoms. The van der Waals surface area contributed by atoms with E-state index in [4.69, 9.17) is 14.0 Å². The van der Waals surface area contributed by atoms with Crippen LogP contribution in [0, 0.1) is 0 Å². The summed E-state index contributed by atoms with van der Waals surface area (Å²) in [5, 5.41) is 4.01. The first-order chi connectivity index (χ1) is 10.2. The normalized spacial score (nSPS) is 21.7. The first-order valence-corrected chi connectivity index (χ1v) is 7.61. The van der Waals surface area contributed by atoms with Gasteiger partial charge in [-0.05, 0) is 25.7 Å². The second-order valence-corrected chi connectivity index (χ2v) is 5.89. The monoisotopic (exact) mass is 294 g/mol. The van der Waals surface area contributed by atoms with Gasteiger partial charge in [0, 0.05) is 25.6 Å². The van der Waals surface area contributed by atoms with Crippen molar-refractivity contribution in [2.75, 3.05) is 26.9 Å². The van der Waals surface area contributed by atoms with E-state index in [1.165, 1.54) is 12.8 Å². The van der Waals surface area contributed by atoms with E-state index >= 15 is 0 Å². The van der Waals surface area contributed by atoms with Gasteiger partial charge in [0.05, 0.1) is 19.3 Å². The van der Waals surface area contributed by atoms with Gasteiger partial charge in [0.15, 0.2) is 0 Å². The maximum atomic E-state index is 12.0. The summed E-state index contributed by atoms with van der Waals surface area (Å²) in [6.45, 7) is 1.84. The minimum Gasteiger partial charge on any atom is -0.376 e. The van der Waals surface area contributed by atoms with Crippen molar-refractivity contribution in [1.29, 1.82) is 0 Å². The fourth-order valence-electron chi connectivity index (χ4n) is 2.46. The maximum absolute atomic E-state index is 12.0. The first-order valence-electron chi connectivity index (χ1n) is 7.61. The number of aromatic nitrogens is 1. The predicted molar refractivity (Wildman–Crippen MR) is 74.7 cm³/mol. The molecule has 1 amide bonds. The molecule has 1 aromatic heterocycles. The van der Waals surface area contributed by atoms with Crippen molar-refractivity contribution < 1.29 is 18.8 Å². The molecule has 0 spiro atoms. The van der Waals surface area contributed by atoms with E-state index in [9.17, 15) is 4.79 Å². The van der Waals surface area contributed by atoms with Gasteiger partial charge in [-0.1, -0.05) is 5.16 Å². The van der Waals surface area contributed by atoms with Crippen molar-refractivity contribution >= 4 is 5.91 Å². The third-order valence-electron chi connectivity index (χ3n) is 3.94. The molecule has 1 saturated carbocycles. The van der Waals surface area contributed by atoms with Crippen LogP contribution in [0.1, 0.15) is 43.1 Å². The number of likely N-dealkylation sites (N-methyl/N-ethyl adjacent to an activating group) is 1. The fraction of sp³-hybridized carbons (Fsp3) is 0.733. The van der Waals surface area contributed by atoms with E-state index in [1.54, 1.807) is 11.9 Å². The number of ether oxygens (including phenoxy) is 2. The molecule has 6 nitrogen and oxygen atoms in total. The maximum Gasteiger partial charge on any atom is 0.248 e. The zero-order valence-corrected chi connectivity index (χ0v) is 12.4. The highest BCUT2D eigenvalue weighted by Gasteiger charge is 2.28. The second kappa shape index (κ2) is 6.58. The van der Waals surface area contributed by atoms with Crippen LogP contribution in [0.5, 0.6) is 0 Å². The molecule has 1 atom stereocenters. The summed E-state index contributed by atoms with van der Waals surface area (Å²) >= 11 is 0. The van der Waals surface area contributed by atoms with Crippen LogP contribution in [0.4, 0.5) is 0 Å². The Morgan fingerprint density at radius 2 is 2.33 bits per heavy atom. The molecule has 0 radical (unpaired) electrons. The Hall–Kier alpha value is -1.40. The van der Waals surface area contributed by atoms with E-state index in [-0.39, 0.29) is 18.6 Å². The van der Waals surface area contributed by atoms with Crippen molar-refractivity contribution in [2.24, 2.45) is 0 Å². The molecule has 0 unspecified atom stereocenters. The summed E-state index contributed by atoms with van der Waals surface area (Å²) in [5.41, 5.74) is 0.798. The molecule has 1 saturated heterocycles. The first kappa shape index (κ1) is 14.5. The van der Waals surface area contributed by atoms with E-state index in [0.29, 0.717) is 19.1 Å². The van der Waals surface area contributed by atoms with Gasteiger partial charge in [-0.25, -0.2) is 0 Å². The smallest absolute Gasteiger partial charge is 0.248 e. The van der Waals surface area contributed by atoms with E-state index in [2.05, 4.69) is 5.16 Å². The Kier molecular flexibility index (Phi) is 4.55. The highest BCUT2D eigenvalue weighted by molar-refractivity contribution is 5.77. The van der Waals surface area contributed by atoms with Gasteiger partial charge >= 0.3 is 0 Å². The number of nitrogens with zero attached hydrogens (tertiary/aromatic N) is 2. The number of hydrogen-bond donors (Lipinski definition) is 0. The molecule has 21 heavy (non-hydrogen) atoms. The van der Waals surface area contributed by atoms with Crippen molar-refractivity contribution in [3.63, 3.8) is 0 Å². The largest absolute Gasteiger partial charge is 0.376 e. The topological polar surface area (TPSA) is 64.8 Å². The molecule has 0 aromatic carbocycles. The molecule has 2 heterocycles. The van der Waals surface area contributed by atoms with Gasteiger partial charge in [0.1, 0.15) is 18.1 Å². The van der Waals surface area contributed by atoms with E-state index < -0.39 is 0 Å². The number of amides is 1. The van der Waals surface area contributed by atoms with Crippen LogP contribution in [-0.4, -0.2) is 48.9 Å². The molecular weight excluding hydrogens is 272 g/mol. The summed E-state index contributed by atoms with van der Waals surface area (Å²) in [6.07, 6.45) is 4.62. The van der Waals surface area contributed by atoms with Crippen LogP contribution >= 0.6 is 0 Å².